The van der Waals surface area contributed by atoms with Crippen molar-refractivity contribution in [1.29, 1.82) is 5.26 Å². The molecule has 2 aromatic carbocycles. The van der Waals surface area contributed by atoms with Crippen LogP contribution in [0, 0.1) is 11.3 Å². The van der Waals surface area contributed by atoms with Crippen LogP contribution < -0.4 is 16.4 Å². The van der Waals surface area contributed by atoms with E-state index in [9.17, 15) is 10.1 Å². The fourth-order valence-corrected chi connectivity index (χ4v) is 2.98. The summed E-state index contributed by atoms with van der Waals surface area (Å²) in [5, 5.41) is 9.53. The lowest BCUT2D eigenvalue weighted by molar-refractivity contribution is -0.109. The minimum Gasteiger partial charge on any atom is -0.384 e. The van der Waals surface area contributed by atoms with Gasteiger partial charge in [0.2, 0.25) is 0 Å². The molecule has 5 heteroatoms. The predicted octanol–water partition coefficient (Wildman–Crippen LogP) is 2.06. The Hall–Kier alpha value is -3.10. The number of allylic oxidation sites excluding steroid dienone is 1. The molecule has 23 heavy (non-hydrogen) atoms. The smallest absolute Gasteiger partial charge is 0.147 e. The number of nitrogens with zero attached hydrogens (tertiary/aromatic N) is 2. The average molecular weight is 304 g/mol. The van der Waals surface area contributed by atoms with Crippen LogP contribution in [0.2, 0.25) is 0 Å². The summed E-state index contributed by atoms with van der Waals surface area (Å²) >= 11 is 0. The van der Waals surface area contributed by atoms with Gasteiger partial charge in [-0.2, -0.15) is 5.26 Å². The number of hydrogen-bond donors (Lipinski definition) is 2. The molecular formula is C18H16N4O. The van der Waals surface area contributed by atoms with Gasteiger partial charge in [-0.1, -0.05) is 42.5 Å². The lowest BCUT2D eigenvalue weighted by atomic mass is 9.90. The number of rotatable bonds is 3. The molecule has 5 nitrogen and oxygen atoms in total. The molecule has 0 saturated heterocycles. The maximum absolute atomic E-state index is 11.8. The molecule has 1 unspecified atom stereocenters. The van der Waals surface area contributed by atoms with Crippen molar-refractivity contribution in [3.63, 3.8) is 0 Å². The first-order valence-electron chi connectivity index (χ1n) is 7.24. The van der Waals surface area contributed by atoms with Crippen LogP contribution in [-0.2, 0) is 11.3 Å². The van der Waals surface area contributed by atoms with E-state index in [4.69, 9.17) is 11.5 Å². The molecule has 0 bridgehead atoms. The van der Waals surface area contributed by atoms with Gasteiger partial charge in [-0.05, 0) is 17.2 Å². The van der Waals surface area contributed by atoms with E-state index in [1.807, 2.05) is 48.5 Å². The summed E-state index contributed by atoms with van der Waals surface area (Å²) < 4.78 is 0. The first-order chi connectivity index (χ1) is 11.2. The van der Waals surface area contributed by atoms with Crippen molar-refractivity contribution in [3.8, 4) is 6.07 Å². The van der Waals surface area contributed by atoms with E-state index in [0.717, 1.165) is 23.1 Å². The Morgan fingerprint density at radius 2 is 1.87 bits per heavy atom. The molecule has 4 N–H and O–H groups in total. The van der Waals surface area contributed by atoms with Crippen LogP contribution in [0.4, 0.5) is 5.69 Å². The second kappa shape index (κ2) is 5.95. The third-order valence-electron chi connectivity index (χ3n) is 4.05. The molecule has 2 aromatic rings. The Balaban J connectivity index is 2.29. The molecule has 114 valence electrons. The van der Waals surface area contributed by atoms with Crippen molar-refractivity contribution in [2.24, 2.45) is 11.5 Å². The zero-order valence-electron chi connectivity index (χ0n) is 12.4. The molecule has 0 saturated carbocycles. The maximum atomic E-state index is 11.8. The highest BCUT2D eigenvalue weighted by molar-refractivity contribution is 5.90. The number of carbonyl (C=O) groups is 1. The topological polar surface area (TPSA) is 96.1 Å². The average Bonchev–Trinajstić information content (AvgIpc) is 2.60. The first-order valence-corrected chi connectivity index (χ1v) is 7.24. The normalized spacial score (nSPS) is 16.7. The molecule has 0 aliphatic carbocycles. The molecular weight excluding hydrogens is 288 g/mol. The molecule has 0 radical (unpaired) electrons. The van der Waals surface area contributed by atoms with Gasteiger partial charge in [0.25, 0.3) is 0 Å². The fourth-order valence-electron chi connectivity index (χ4n) is 2.98. The lowest BCUT2D eigenvalue weighted by Crippen LogP contribution is -2.38. The van der Waals surface area contributed by atoms with Crippen molar-refractivity contribution in [2.75, 3.05) is 4.90 Å². The Bertz CT molecular complexity index is 835. The van der Waals surface area contributed by atoms with Gasteiger partial charge in [0.15, 0.2) is 0 Å². The second-order valence-corrected chi connectivity index (χ2v) is 5.24. The summed E-state index contributed by atoms with van der Waals surface area (Å²) in [6.07, 6.45) is 0.840. The third kappa shape index (κ3) is 2.26. The number of carbonyl (C=O) groups excluding carboxylic acids is 1. The van der Waals surface area contributed by atoms with E-state index in [1.165, 1.54) is 0 Å². The van der Waals surface area contributed by atoms with E-state index in [2.05, 4.69) is 6.07 Å². The molecule has 1 heterocycles. The zero-order chi connectivity index (χ0) is 16.4. The number of nitriles is 1. The largest absolute Gasteiger partial charge is 0.384 e. The van der Waals surface area contributed by atoms with Crippen LogP contribution in [0.3, 0.4) is 0 Å². The number of nitrogens with two attached hydrogens (primary N) is 2. The monoisotopic (exact) mass is 304 g/mol. The van der Waals surface area contributed by atoms with E-state index in [-0.39, 0.29) is 5.82 Å². The first kappa shape index (κ1) is 14.8. The number of benzene rings is 2. The van der Waals surface area contributed by atoms with E-state index < -0.39 is 6.04 Å². The number of aldehydes is 1. The van der Waals surface area contributed by atoms with Gasteiger partial charge < -0.3 is 21.2 Å². The van der Waals surface area contributed by atoms with Crippen LogP contribution in [0.5, 0.6) is 0 Å². The number of hydrogen-bond acceptors (Lipinski definition) is 5. The van der Waals surface area contributed by atoms with Crippen LogP contribution in [0.25, 0.3) is 5.57 Å². The van der Waals surface area contributed by atoms with Crippen molar-refractivity contribution in [1.82, 2.24) is 0 Å². The van der Waals surface area contributed by atoms with Gasteiger partial charge >= 0.3 is 0 Å². The van der Waals surface area contributed by atoms with Crippen molar-refractivity contribution >= 4 is 17.5 Å². The van der Waals surface area contributed by atoms with Crippen molar-refractivity contribution in [2.45, 2.75) is 12.6 Å². The Morgan fingerprint density at radius 3 is 2.57 bits per heavy atom. The van der Waals surface area contributed by atoms with Gasteiger partial charge in [0.1, 0.15) is 24.2 Å². The summed E-state index contributed by atoms with van der Waals surface area (Å²) in [5.41, 5.74) is 15.5. The van der Waals surface area contributed by atoms with Gasteiger partial charge in [0, 0.05) is 17.8 Å². The summed E-state index contributed by atoms with van der Waals surface area (Å²) in [5.74, 6) is 0.268. The summed E-state index contributed by atoms with van der Waals surface area (Å²) in [6, 6.07) is 16.4. The number of anilines is 1. The molecule has 0 amide bonds. The van der Waals surface area contributed by atoms with Crippen molar-refractivity contribution < 1.29 is 4.79 Å². The fraction of sp³-hybridized carbons (Fsp3) is 0.111. The van der Waals surface area contributed by atoms with E-state index in [1.54, 1.807) is 4.90 Å². The molecule has 0 spiro atoms. The quantitative estimate of drug-likeness (QED) is 0.846. The van der Waals surface area contributed by atoms with Crippen LogP contribution >= 0.6 is 0 Å². The van der Waals surface area contributed by atoms with Crippen LogP contribution in [0.15, 0.2) is 54.4 Å². The molecule has 1 aliphatic rings. The summed E-state index contributed by atoms with van der Waals surface area (Å²) in [7, 11) is 0. The SMILES string of the molecule is N#CC1=C(N)N(c2ccccc2CN)C(C=O)c2ccccc21. The Labute approximate surface area is 134 Å². The van der Waals surface area contributed by atoms with Crippen LogP contribution in [-0.4, -0.2) is 6.29 Å². The standard InChI is InChI=1S/C18H16N4O/c19-9-12-5-1-4-8-16(12)22-17(11-23)14-7-3-2-6-13(14)15(10-20)18(22)21/h1-8,11,17H,9,19,21H2. The van der Waals surface area contributed by atoms with Gasteiger partial charge in [-0.25, -0.2) is 0 Å². The van der Waals surface area contributed by atoms with Gasteiger partial charge in [-0.3, -0.25) is 0 Å². The summed E-state index contributed by atoms with van der Waals surface area (Å²) in [4.78, 5) is 13.5. The molecule has 0 aromatic heterocycles. The Kier molecular flexibility index (Phi) is 3.83. The lowest BCUT2D eigenvalue weighted by Gasteiger charge is -2.37. The van der Waals surface area contributed by atoms with Crippen LogP contribution in [0.1, 0.15) is 22.7 Å². The molecule has 0 fully saturated rings. The maximum Gasteiger partial charge on any atom is 0.147 e. The Morgan fingerprint density at radius 1 is 1.17 bits per heavy atom. The zero-order valence-corrected chi connectivity index (χ0v) is 12.4. The highest BCUT2D eigenvalue weighted by atomic mass is 16.1. The summed E-state index contributed by atoms with van der Waals surface area (Å²) in [6.45, 7) is 0.315. The molecule has 1 aliphatic heterocycles. The van der Waals surface area contributed by atoms with E-state index >= 15 is 0 Å². The van der Waals surface area contributed by atoms with Crippen molar-refractivity contribution in [3.05, 3.63) is 71.0 Å². The minimum absolute atomic E-state index is 0.268. The molecule has 1 atom stereocenters. The van der Waals surface area contributed by atoms with Gasteiger partial charge in [-0.15, -0.1) is 0 Å². The number of para-hydroxylation sites is 1. The number of fused-ring (bicyclic) bond motifs is 1. The third-order valence-corrected chi connectivity index (χ3v) is 4.05. The molecule has 3 rings (SSSR count). The minimum atomic E-state index is -0.587. The highest BCUT2D eigenvalue weighted by Crippen LogP contribution is 2.40. The highest BCUT2D eigenvalue weighted by Gasteiger charge is 2.33. The van der Waals surface area contributed by atoms with Gasteiger partial charge in [0.05, 0.1) is 5.57 Å². The van der Waals surface area contributed by atoms with E-state index in [0.29, 0.717) is 17.7 Å². The predicted molar refractivity (Wildman–Crippen MR) is 88.8 cm³/mol. The second-order valence-electron chi connectivity index (χ2n) is 5.24.